The highest BCUT2D eigenvalue weighted by atomic mass is 19.1. The van der Waals surface area contributed by atoms with Crippen molar-refractivity contribution in [3.8, 4) is 0 Å². The van der Waals surface area contributed by atoms with Gasteiger partial charge >= 0.3 is 0 Å². The number of carbonyl (C=O) groups excluding carboxylic acids is 1. The second-order valence-electron chi connectivity index (χ2n) is 5.20. The zero-order valence-electron chi connectivity index (χ0n) is 11.6. The van der Waals surface area contributed by atoms with Crippen LogP contribution in [0.1, 0.15) is 40.8 Å². The van der Waals surface area contributed by atoms with E-state index in [0.29, 0.717) is 11.7 Å². The van der Waals surface area contributed by atoms with Gasteiger partial charge in [0, 0.05) is 18.1 Å². The first-order valence-electron chi connectivity index (χ1n) is 6.85. The molecule has 0 spiro atoms. The molecule has 1 N–H and O–H groups in total. The Labute approximate surface area is 121 Å². The number of carbonyl (C=O) groups is 1. The third-order valence-electron chi connectivity index (χ3n) is 3.49. The fourth-order valence-electron chi connectivity index (χ4n) is 2.22. The monoisotopic (exact) mass is 286 g/mol. The van der Waals surface area contributed by atoms with Gasteiger partial charge < -0.3 is 5.32 Å². The van der Waals surface area contributed by atoms with Gasteiger partial charge in [-0.15, -0.1) is 0 Å². The Bertz CT molecular complexity index is 672. The number of amides is 1. The molecular weight excluding hydrogens is 271 g/mol. The summed E-state index contributed by atoms with van der Waals surface area (Å²) in [5.74, 6) is -0.187. The number of pyridine rings is 1. The minimum Gasteiger partial charge on any atom is -0.342 e. The second-order valence-corrected chi connectivity index (χ2v) is 5.20. The Balaban J connectivity index is 1.83. The van der Waals surface area contributed by atoms with Gasteiger partial charge in [0.1, 0.15) is 0 Å². The van der Waals surface area contributed by atoms with Crippen molar-refractivity contribution in [3.05, 3.63) is 53.6 Å². The third kappa shape index (κ3) is 3.04. The normalized spacial score (nSPS) is 15.5. The van der Waals surface area contributed by atoms with Gasteiger partial charge in [-0.3, -0.25) is 9.78 Å². The molecule has 3 rings (SSSR count). The molecule has 1 aliphatic carbocycles. The standard InChI is InChI=1S/C15H15FN4O/c1-9-4-7-18-14(19-9)13(10-2-3-10)20-15(21)11-5-6-17-8-12(11)16/h4-8,10,13H,2-3H2,1H3,(H,20,21)/t13-/m0/s1. The van der Waals surface area contributed by atoms with E-state index >= 15 is 0 Å². The molecule has 0 bridgehead atoms. The van der Waals surface area contributed by atoms with E-state index in [-0.39, 0.29) is 11.6 Å². The van der Waals surface area contributed by atoms with Gasteiger partial charge in [-0.1, -0.05) is 0 Å². The molecule has 2 aromatic heterocycles. The summed E-state index contributed by atoms with van der Waals surface area (Å²) in [5, 5.41) is 2.85. The average Bonchev–Trinajstić information content (AvgIpc) is 3.29. The third-order valence-corrected chi connectivity index (χ3v) is 3.49. The SMILES string of the molecule is Cc1ccnc([C@@H](NC(=O)c2ccncc2F)C2CC2)n1. The van der Waals surface area contributed by atoms with Gasteiger partial charge in [0.25, 0.3) is 5.91 Å². The van der Waals surface area contributed by atoms with Crippen LogP contribution in [-0.4, -0.2) is 20.9 Å². The molecule has 0 aliphatic heterocycles. The molecule has 0 aromatic carbocycles. The van der Waals surface area contributed by atoms with Crippen molar-refractivity contribution < 1.29 is 9.18 Å². The van der Waals surface area contributed by atoms with Crippen LogP contribution in [0.2, 0.25) is 0 Å². The minimum atomic E-state index is -0.630. The molecule has 0 radical (unpaired) electrons. The molecule has 108 valence electrons. The van der Waals surface area contributed by atoms with Gasteiger partial charge in [-0.05, 0) is 37.8 Å². The molecule has 1 atom stereocenters. The lowest BCUT2D eigenvalue weighted by molar-refractivity contribution is 0.0925. The first-order valence-corrected chi connectivity index (χ1v) is 6.85. The Morgan fingerprint density at radius 1 is 1.38 bits per heavy atom. The summed E-state index contributed by atoms with van der Waals surface area (Å²) < 4.78 is 13.6. The van der Waals surface area contributed by atoms with Crippen molar-refractivity contribution in [2.45, 2.75) is 25.8 Å². The Morgan fingerprint density at radius 2 is 2.19 bits per heavy atom. The zero-order valence-corrected chi connectivity index (χ0v) is 11.6. The summed E-state index contributed by atoms with van der Waals surface area (Å²) in [6.45, 7) is 1.87. The van der Waals surface area contributed by atoms with Crippen LogP contribution >= 0.6 is 0 Å². The summed E-state index contributed by atoms with van der Waals surface area (Å²) in [6.07, 6.45) is 6.13. The molecular formula is C15H15FN4O. The number of rotatable bonds is 4. The first-order chi connectivity index (χ1) is 10.1. The van der Waals surface area contributed by atoms with Gasteiger partial charge in [-0.25, -0.2) is 14.4 Å². The molecule has 2 aromatic rings. The molecule has 1 aliphatic rings. The van der Waals surface area contributed by atoms with Crippen LogP contribution < -0.4 is 5.32 Å². The number of aryl methyl sites for hydroxylation is 1. The van der Waals surface area contributed by atoms with E-state index in [4.69, 9.17) is 0 Å². The van der Waals surface area contributed by atoms with Crippen molar-refractivity contribution in [1.82, 2.24) is 20.3 Å². The number of hydrogen-bond acceptors (Lipinski definition) is 4. The molecule has 6 heteroatoms. The lowest BCUT2D eigenvalue weighted by Crippen LogP contribution is -2.31. The van der Waals surface area contributed by atoms with Crippen LogP contribution in [0.5, 0.6) is 0 Å². The quantitative estimate of drug-likeness (QED) is 0.935. The molecule has 2 heterocycles. The van der Waals surface area contributed by atoms with Crippen molar-refractivity contribution in [2.75, 3.05) is 0 Å². The average molecular weight is 286 g/mol. The molecule has 21 heavy (non-hydrogen) atoms. The van der Waals surface area contributed by atoms with E-state index in [0.717, 1.165) is 24.7 Å². The van der Waals surface area contributed by atoms with Gasteiger partial charge in [0.15, 0.2) is 11.6 Å². The summed E-state index contributed by atoms with van der Waals surface area (Å²) >= 11 is 0. The lowest BCUT2D eigenvalue weighted by Gasteiger charge is -2.17. The van der Waals surface area contributed by atoms with Gasteiger partial charge in [0.05, 0.1) is 17.8 Å². The number of nitrogens with one attached hydrogen (secondary N) is 1. The molecule has 1 fully saturated rings. The maximum absolute atomic E-state index is 13.6. The Hall–Kier alpha value is -2.37. The van der Waals surface area contributed by atoms with E-state index < -0.39 is 11.7 Å². The van der Waals surface area contributed by atoms with Crippen molar-refractivity contribution in [3.63, 3.8) is 0 Å². The van der Waals surface area contributed by atoms with E-state index in [1.54, 1.807) is 12.3 Å². The van der Waals surface area contributed by atoms with E-state index in [9.17, 15) is 9.18 Å². The smallest absolute Gasteiger partial charge is 0.254 e. The summed E-state index contributed by atoms with van der Waals surface area (Å²) in [5.41, 5.74) is 0.832. The predicted molar refractivity (Wildman–Crippen MR) is 73.9 cm³/mol. The largest absolute Gasteiger partial charge is 0.342 e. The summed E-state index contributed by atoms with van der Waals surface area (Å²) in [4.78, 5) is 24.5. The van der Waals surface area contributed by atoms with E-state index in [1.807, 2.05) is 6.92 Å². The van der Waals surface area contributed by atoms with Crippen molar-refractivity contribution >= 4 is 5.91 Å². The van der Waals surface area contributed by atoms with Gasteiger partial charge in [0.2, 0.25) is 0 Å². The zero-order chi connectivity index (χ0) is 14.8. The van der Waals surface area contributed by atoms with Crippen molar-refractivity contribution in [2.24, 2.45) is 5.92 Å². The lowest BCUT2D eigenvalue weighted by atomic mass is 10.1. The van der Waals surface area contributed by atoms with Gasteiger partial charge in [-0.2, -0.15) is 0 Å². The number of halogens is 1. The summed E-state index contributed by atoms with van der Waals surface area (Å²) in [7, 11) is 0. The maximum Gasteiger partial charge on any atom is 0.254 e. The first kappa shape index (κ1) is 13.6. The van der Waals surface area contributed by atoms with Crippen LogP contribution in [0, 0.1) is 18.7 Å². The van der Waals surface area contributed by atoms with E-state index in [1.165, 1.54) is 12.3 Å². The molecule has 0 saturated heterocycles. The summed E-state index contributed by atoms with van der Waals surface area (Å²) in [6, 6.07) is 2.90. The van der Waals surface area contributed by atoms with Crippen LogP contribution in [0.15, 0.2) is 30.7 Å². The maximum atomic E-state index is 13.6. The number of hydrogen-bond donors (Lipinski definition) is 1. The highest BCUT2D eigenvalue weighted by molar-refractivity contribution is 5.94. The van der Waals surface area contributed by atoms with Crippen LogP contribution in [0.25, 0.3) is 0 Å². The fourth-order valence-corrected chi connectivity index (χ4v) is 2.22. The topological polar surface area (TPSA) is 67.8 Å². The number of aromatic nitrogens is 3. The number of nitrogens with zero attached hydrogens (tertiary/aromatic N) is 3. The van der Waals surface area contributed by atoms with Crippen molar-refractivity contribution in [1.29, 1.82) is 0 Å². The molecule has 0 unspecified atom stereocenters. The van der Waals surface area contributed by atoms with E-state index in [2.05, 4.69) is 20.3 Å². The van der Waals surface area contributed by atoms with Crippen LogP contribution in [-0.2, 0) is 0 Å². The highest BCUT2D eigenvalue weighted by Crippen LogP contribution is 2.40. The fraction of sp³-hybridized carbons (Fsp3) is 0.333. The second kappa shape index (κ2) is 5.55. The molecule has 1 amide bonds. The molecule has 1 saturated carbocycles. The molecule has 5 nitrogen and oxygen atoms in total. The minimum absolute atomic E-state index is 0.0108. The van der Waals surface area contributed by atoms with Crippen LogP contribution in [0.4, 0.5) is 4.39 Å². The highest BCUT2D eigenvalue weighted by Gasteiger charge is 2.35. The Morgan fingerprint density at radius 3 is 2.86 bits per heavy atom. The van der Waals surface area contributed by atoms with Crippen LogP contribution in [0.3, 0.4) is 0 Å². The Kier molecular flexibility index (Phi) is 3.60. The predicted octanol–water partition coefficient (Wildman–Crippen LogP) is 2.20.